The van der Waals surface area contributed by atoms with Gasteiger partial charge in [0.2, 0.25) is 11.0 Å². The molecule has 2 aromatic heterocycles. The quantitative estimate of drug-likeness (QED) is 0.591. The first-order valence-corrected chi connectivity index (χ1v) is 8.71. The lowest BCUT2D eigenvalue weighted by molar-refractivity contribution is -0.115. The van der Waals surface area contributed by atoms with Crippen LogP contribution in [-0.2, 0) is 4.79 Å². The summed E-state index contributed by atoms with van der Waals surface area (Å²) < 4.78 is 0. The second-order valence-electron chi connectivity index (χ2n) is 5.22. The number of aromatic nitrogens is 3. The maximum Gasteiger partial charge on any atom is 0.259 e. The van der Waals surface area contributed by atoms with Crippen molar-refractivity contribution in [2.75, 3.05) is 22.5 Å². The summed E-state index contributed by atoms with van der Waals surface area (Å²) in [5.41, 5.74) is 2.71. The summed E-state index contributed by atoms with van der Waals surface area (Å²) in [6, 6.07) is 12.6. The SMILES string of the molecule is O=C(CCNc1ccc(C(=O)Nc2nncs2)cn1)Nc1ccccc1. The zero-order chi connectivity index (χ0) is 18.2. The molecule has 0 fully saturated rings. The Morgan fingerprint density at radius 2 is 1.88 bits per heavy atom. The molecule has 0 saturated carbocycles. The fourth-order valence-electron chi connectivity index (χ4n) is 2.08. The minimum Gasteiger partial charge on any atom is -0.370 e. The molecule has 3 aromatic rings. The minimum atomic E-state index is -0.303. The summed E-state index contributed by atoms with van der Waals surface area (Å²) in [5, 5.41) is 16.3. The average molecular weight is 368 g/mol. The second kappa shape index (κ2) is 8.67. The number of carbonyl (C=O) groups is 2. The largest absolute Gasteiger partial charge is 0.370 e. The van der Waals surface area contributed by atoms with E-state index in [4.69, 9.17) is 0 Å². The predicted molar refractivity (Wildman–Crippen MR) is 100 cm³/mol. The molecule has 0 aliphatic heterocycles. The molecule has 2 amide bonds. The molecule has 9 heteroatoms. The molecule has 2 heterocycles. The topological polar surface area (TPSA) is 109 Å². The van der Waals surface area contributed by atoms with Gasteiger partial charge in [-0.15, -0.1) is 10.2 Å². The van der Waals surface area contributed by atoms with Crippen molar-refractivity contribution in [3.63, 3.8) is 0 Å². The van der Waals surface area contributed by atoms with Gasteiger partial charge in [0.05, 0.1) is 5.56 Å². The Morgan fingerprint density at radius 3 is 2.58 bits per heavy atom. The predicted octanol–water partition coefficient (Wildman–Crippen LogP) is 2.63. The number of carbonyl (C=O) groups excluding carboxylic acids is 2. The van der Waals surface area contributed by atoms with E-state index in [1.807, 2.05) is 30.3 Å². The zero-order valence-electron chi connectivity index (χ0n) is 13.7. The van der Waals surface area contributed by atoms with Crippen molar-refractivity contribution < 1.29 is 9.59 Å². The van der Waals surface area contributed by atoms with E-state index in [9.17, 15) is 9.59 Å². The maximum atomic E-state index is 12.0. The lowest BCUT2D eigenvalue weighted by Crippen LogP contribution is -2.17. The third-order valence-electron chi connectivity index (χ3n) is 3.32. The lowest BCUT2D eigenvalue weighted by atomic mass is 10.2. The van der Waals surface area contributed by atoms with Gasteiger partial charge in [0.25, 0.3) is 5.91 Å². The van der Waals surface area contributed by atoms with Crippen LogP contribution in [0.5, 0.6) is 0 Å². The average Bonchev–Trinajstić information content (AvgIpc) is 3.16. The molecule has 0 bridgehead atoms. The van der Waals surface area contributed by atoms with Crippen LogP contribution in [0, 0.1) is 0 Å². The van der Waals surface area contributed by atoms with Crippen molar-refractivity contribution in [1.29, 1.82) is 0 Å². The first kappa shape index (κ1) is 17.5. The van der Waals surface area contributed by atoms with Gasteiger partial charge in [-0.25, -0.2) is 4.98 Å². The van der Waals surface area contributed by atoms with Crippen molar-refractivity contribution in [3.8, 4) is 0 Å². The highest BCUT2D eigenvalue weighted by molar-refractivity contribution is 7.13. The zero-order valence-corrected chi connectivity index (χ0v) is 14.5. The molecule has 0 aliphatic rings. The number of amides is 2. The van der Waals surface area contributed by atoms with Crippen LogP contribution in [0.25, 0.3) is 0 Å². The molecule has 0 aliphatic carbocycles. The van der Waals surface area contributed by atoms with E-state index in [-0.39, 0.29) is 11.8 Å². The molecule has 1 aromatic carbocycles. The number of hydrogen-bond donors (Lipinski definition) is 3. The van der Waals surface area contributed by atoms with Crippen LogP contribution in [0.3, 0.4) is 0 Å². The van der Waals surface area contributed by atoms with E-state index < -0.39 is 0 Å². The number of hydrogen-bond acceptors (Lipinski definition) is 7. The van der Waals surface area contributed by atoms with Crippen molar-refractivity contribution >= 4 is 39.8 Å². The second-order valence-corrected chi connectivity index (χ2v) is 6.05. The van der Waals surface area contributed by atoms with Crippen LogP contribution in [0.1, 0.15) is 16.8 Å². The molecular weight excluding hydrogens is 352 g/mol. The van der Waals surface area contributed by atoms with E-state index in [1.165, 1.54) is 23.0 Å². The summed E-state index contributed by atoms with van der Waals surface area (Å²) in [5.74, 6) is 0.199. The Labute approximate surface area is 153 Å². The highest BCUT2D eigenvalue weighted by Gasteiger charge is 2.08. The Bertz CT molecular complexity index is 853. The molecule has 26 heavy (non-hydrogen) atoms. The first-order valence-electron chi connectivity index (χ1n) is 7.83. The van der Waals surface area contributed by atoms with Crippen LogP contribution >= 0.6 is 11.3 Å². The number of nitrogens with one attached hydrogen (secondary N) is 3. The fraction of sp³-hybridized carbons (Fsp3) is 0.118. The molecule has 0 spiro atoms. The van der Waals surface area contributed by atoms with Gasteiger partial charge < -0.3 is 10.6 Å². The van der Waals surface area contributed by atoms with Crippen molar-refractivity contribution in [2.24, 2.45) is 0 Å². The normalized spacial score (nSPS) is 10.2. The van der Waals surface area contributed by atoms with Gasteiger partial charge in [0.1, 0.15) is 11.3 Å². The molecule has 3 N–H and O–H groups in total. The molecule has 0 unspecified atom stereocenters. The van der Waals surface area contributed by atoms with Crippen LogP contribution < -0.4 is 16.0 Å². The Morgan fingerprint density at radius 1 is 1.04 bits per heavy atom. The first-order chi connectivity index (χ1) is 12.7. The fourth-order valence-corrected chi connectivity index (χ4v) is 2.52. The molecule has 0 radical (unpaired) electrons. The van der Waals surface area contributed by atoms with Gasteiger partial charge in [-0.05, 0) is 24.3 Å². The Kier molecular flexibility index (Phi) is 5.84. The van der Waals surface area contributed by atoms with Crippen LogP contribution in [0.2, 0.25) is 0 Å². The number of rotatable bonds is 7. The lowest BCUT2D eigenvalue weighted by Gasteiger charge is -2.07. The molecule has 0 atom stereocenters. The van der Waals surface area contributed by atoms with E-state index in [0.717, 1.165) is 5.69 Å². The van der Waals surface area contributed by atoms with Gasteiger partial charge in [-0.2, -0.15) is 0 Å². The van der Waals surface area contributed by atoms with E-state index >= 15 is 0 Å². The number of anilines is 3. The summed E-state index contributed by atoms with van der Waals surface area (Å²) in [4.78, 5) is 28.1. The minimum absolute atomic E-state index is 0.0863. The van der Waals surface area contributed by atoms with Crippen molar-refractivity contribution in [1.82, 2.24) is 15.2 Å². The highest BCUT2D eigenvalue weighted by atomic mass is 32.1. The van der Waals surface area contributed by atoms with Gasteiger partial charge in [-0.3, -0.25) is 14.9 Å². The Hall–Kier alpha value is -3.33. The summed E-state index contributed by atoms with van der Waals surface area (Å²) in [6.45, 7) is 0.433. The van der Waals surface area contributed by atoms with Crippen molar-refractivity contribution in [3.05, 3.63) is 59.7 Å². The van der Waals surface area contributed by atoms with Crippen LogP contribution in [0.15, 0.2) is 54.2 Å². The van der Waals surface area contributed by atoms with Crippen molar-refractivity contribution in [2.45, 2.75) is 6.42 Å². The van der Waals surface area contributed by atoms with Crippen LogP contribution in [0.4, 0.5) is 16.6 Å². The van der Waals surface area contributed by atoms with Crippen LogP contribution in [-0.4, -0.2) is 33.5 Å². The van der Waals surface area contributed by atoms with Gasteiger partial charge in [0, 0.05) is 24.8 Å². The van der Waals surface area contributed by atoms with E-state index in [2.05, 4.69) is 31.1 Å². The highest BCUT2D eigenvalue weighted by Crippen LogP contribution is 2.11. The molecule has 0 saturated heterocycles. The molecule has 3 rings (SSSR count). The third-order valence-corrected chi connectivity index (χ3v) is 3.93. The van der Waals surface area contributed by atoms with E-state index in [0.29, 0.717) is 29.5 Å². The van der Waals surface area contributed by atoms with Gasteiger partial charge in [0.15, 0.2) is 0 Å². The number of pyridine rings is 1. The molecule has 132 valence electrons. The maximum absolute atomic E-state index is 12.0. The smallest absolute Gasteiger partial charge is 0.259 e. The summed E-state index contributed by atoms with van der Waals surface area (Å²) >= 11 is 1.24. The monoisotopic (exact) mass is 368 g/mol. The number of nitrogens with zero attached hydrogens (tertiary/aromatic N) is 3. The number of para-hydroxylation sites is 1. The number of benzene rings is 1. The molecular formula is C17H16N6O2S. The van der Waals surface area contributed by atoms with E-state index in [1.54, 1.807) is 12.1 Å². The summed E-state index contributed by atoms with van der Waals surface area (Å²) in [7, 11) is 0. The standard InChI is InChI=1S/C17H16N6O2S/c24-15(21-13-4-2-1-3-5-13)8-9-18-14-7-6-12(10-19-14)16(25)22-17-23-20-11-26-17/h1-7,10-11H,8-9H2,(H,18,19)(H,21,24)(H,22,23,25). The van der Waals surface area contributed by atoms with Gasteiger partial charge >= 0.3 is 0 Å². The summed E-state index contributed by atoms with van der Waals surface area (Å²) in [6.07, 6.45) is 1.76. The van der Waals surface area contributed by atoms with Gasteiger partial charge in [-0.1, -0.05) is 29.5 Å². The Balaban J connectivity index is 1.44. The molecule has 8 nitrogen and oxygen atoms in total. The third kappa shape index (κ3) is 5.08.